The van der Waals surface area contributed by atoms with Gasteiger partial charge >= 0.3 is 7.60 Å². The monoisotopic (exact) mass is 272 g/mol. The van der Waals surface area contributed by atoms with E-state index in [2.05, 4.69) is 0 Å². The molecule has 0 unspecified atom stereocenters. The van der Waals surface area contributed by atoms with Crippen LogP contribution in [0, 0.1) is 6.92 Å². The highest BCUT2D eigenvalue weighted by Gasteiger charge is 2.30. The summed E-state index contributed by atoms with van der Waals surface area (Å²) in [6.45, 7) is 5.49. The largest absolute Gasteiger partial charge is 0.389 e. The van der Waals surface area contributed by atoms with Crippen molar-refractivity contribution in [2.24, 2.45) is 0 Å². The molecule has 0 radical (unpaired) electrons. The Morgan fingerprint density at radius 2 is 1.72 bits per heavy atom. The standard InChI is InChI=1S/C13H18FO3P/c1-4-16-18(15,17-5-2)13(14)10-12-8-6-11(3)7-9-12/h6-10H,4-5H2,1-3H3/b13-10-. The lowest BCUT2D eigenvalue weighted by Crippen LogP contribution is -1.96. The summed E-state index contributed by atoms with van der Waals surface area (Å²) >= 11 is 0. The van der Waals surface area contributed by atoms with E-state index >= 15 is 0 Å². The van der Waals surface area contributed by atoms with Gasteiger partial charge in [0.2, 0.25) is 5.57 Å². The molecule has 0 aromatic heterocycles. The molecule has 1 aromatic carbocycles. The molecule has 100 valence electrons. The van der Waals surface area contributed by atoms with Gasteiger partial charge in [-0.1, -0.05) is 29.8 Å². The molecule has 3 nitrogen and oxygen atoms in total. The molecule has 1 aromatic rings. The number of hydrogen-bond donors (Lipinski definition) is 0. The zero-order chi connectivity index (χ0) is 13.6. The Labute approximate surface area is 107 Å². The molecule has 5 heteroatoms. The lowest BCUT2D eigenvalue weighted by atomic mass is 10.1. The summed E-state index contributed by atoms with van der Waals surface area (Å²) in [6.07, 6.45) is 1.19. The predicted molar refractivity (Wildman–Crippen MR) is 71.1 cm³/mol. The Hall–Kier alpha value is -0.960. The van der Waals surface area contributed by atoms with Crippen LogP contribution in [0.15, 0.2) is 29.8 Å². The molecule has 0 aliphatic heterocycles. The van der Waals surface area contributed by atoms with Gasteiger partial charge in [0, 0.05) is 0 Å². The van der Waals surface area contributed by atoms with E-state index in [0.717, 1.165) is 5.56 Å². The third-order valence-electron chi connectivity index (χ3n) is 2.22. The lowest BCUT2D eigenvalue weighted by molar-refractivity contribution is 0.220. The number of rotatable bonds is 6. The second kappa shape index (κ2) is 6.83. The first kappa shape index (κ1) is 15.1. The molecule has 0 heterocycles. The van der Waals surface area contributed by atoms with E-state index in [1.165, 1.54) is 6.08 Å². The topological polar surface area (TPSA) is 35.5 Å². The van der Waals surface area contributed by atoms with E-state index in [1.54, 1.807) is 26.0 Å². The molecule has 0 amide bonds. The van der Waals surface area contributed by atoms with Crippen LogP contribution in [0.5, 0.6) is 0 Å². The summed E-state index contributed by atoms with van der Waals surface area (Å²) in [5, 5.41) is 0. The number of hydrogen-bond acceptors (Lipinski definition) is 3. The zero-order valence-electron chi connectivity index (χ0n) is 10.9. The zero-order valence-corrected chi connectivity index (χ0v) is 11.7. The van der Waals surface area contributed by atoms with E-state index in [-0.39, 0.29) is 13.2 Å². The second-order valence-electron chi connectivity index (χ2n) is 3.71. The van der Waals surface area contributed by atoms with Gasteiger partial charge in [0.1, 0.15) is 0 Å². The first-order valence-electron chi connectivity index (χ1n) is 5.85. The number of benzene rings is 1. The summed E-state index contributed by atoms with van der Waals surface area (Å²) in [5.74, 6) is 0. The molecule has 0 aliphatic carbocycles. The summed E-state index contributed by atoms with van der Waals surface area (Å²) in [6, 6.07) is 7.20. The molecular formula is C13H18FO3P. The first-order valence-corrected chi connectivity index (χ1v) is 7.39. The van der Waals surface area contributed by atoms with Gasteiger partial charge in [-0.3, -0.25) is 4.57 Å². The molecule has 0 aliphatic rings. The SMILES string of the molecule is CCOP(=O)(OCC)/C(F)=C\c1ccc(C)cc1. The van der Waals surface area contributed by atoms with Gasteiger partial charge in [0.05, 0.1) is 13.2 Å². The van der Waals surface area contributed by atoms with Crippen LogP contribution < -0.4 is 0 Å². The van der Waals surface area contributed by atoms with Crippen molar-refractivity contribution in [1.82, 2.24) is 0 Å². The van der Waals surface area contributed by atoms with Crippen molar-refractivity contribution in [2.75, 3.05) is 13.2 Å². The van der Waals surface area contributed by atoms with Crippen LogP contribution in [-0.4, -0.2) is 13.2 Å². The maximum atomic E-state index is 14.0. The van der Waals surface area contributed by atoms with E-state index < -0.39 is 13.2 Å². The quantitative estimate of drug-likeness (QED) is 0.714. The fraction of sp³-hybridized carbons (Fsp3) is 0.385. The highest BCUT2D eigenvalue weighted by atomic mass is 31.2. The van der Waals surface area contributed by atoms with Crippen molar-refractivity contribution in [2.45, 2.75) is 20.8 Å². The number of halogens is 1. The Bertz CT molecular complexity index is 444. The van der Waals surface area contributed by atoms with Gasteiger partial charge in [0.15, 0.2) is 0 Å². The van der Waals surface area contributed by atoms with Crippen molar-refractivity contribution in [1.29, 1.82) is 0 Å². The molecular weight excluding hydrogens is 254 g/mol. The summed E-state index contributed by atoms with van der Waals surface area (Å²) in [5.41, 5.74) is 0.832. The molecule has 0 spiro atoms. The Morgan fingerprint density at radius 1 is 1.22 bits per heavy atom. The molecule has 0 saturated carbocycles. The van der Waals surface area contributed by atoms with Gasteiger partial charge in [0.25, 0.3) is 0 Å². The van der Waals surface area contributed by atoms with Crippen LogP contribution in [0.3, 0.4) is 0 Å². The van der Waals surface area contributed by atoms with Crippen LogP contribution >= 0.6 is 7.60 Å². The molecule has 0 N–H and O–H groups in total. The minimum Gasteiger partial charge on any atom is -0.304 e. The Morgan fingerprint density at radius 3 is 2.17 bits per heavy atom. The van der Waals surface area contributed by atoms with Gasteiger partial charge < -0.3 is 9.05 Å². The normalized spacial score (nSPS) is 12.8. The summed E-state index contributed by atoms with van der Waals surface area (Å²) in [7, 11) is -3.79. The first-order chi connectivity index (χ1) is 8.51. The minimum atomic E-state index is -3.79. The van der Waals surface area contributed by atoms with Crippen molar-refractivity contribution < 1.29 is 18.0 Å². The van der Waals surface area contributed by atoms with Gasteiger partial charge in [-0.25, -0.2) is 0 Å². The molecule has 0 saturated heterocycles. The maximum Gasteiger partial charge on any atom is 0.389 e. The molecule has 1 rings (SSSR count). The second-order valence-corrected chi connectivity index (χ2v) is 5.65. The van der Waals surface area contributed by atoms with E-state index in [1.807, 2.05) is 19.1 Å². The highest BCUT2D eigenvalue weighted by molar-refractivity contribution is 7.58. The number of aryl methyl sites for hydroxylation is 1. The van der Waals surface area contributed by atoms with Crippen molar-refractivity contribution in [3.05, 3.63) is 41.0 Å². The van der Waals surface area contributed by atoms with Crippen LogP contribution in [0.1, 0.15) is 25.0 Å². The van der Waals surface area contributed by atoms with Crippen molar-refractivity contribution in [3.8, 4) is 0 Å². The van der Waals surface area contributed by atoms with Crippen LogP contribution in [-0.2, 0) is 13.6 Å². The Kier molecular flexibility index (Phi) is 5.73. The lowest BCUT2D eigenvalue weighted by Gasteiger charge is -2.14. The third-order valence-corrected chi connectivity index (χ3v) is 4.07. The van der Waals surface area contributed by atoms with E-state index in [9.17, 15) is 8.96 Å². The smallest absolute Gasteiger partial charge is 0.304 e. The molecule has 0 bridgehead atoms. The average Bonchev–Trinajstić information content (AvgIpc) is 2.32. The minimum absolute atomic E-state index is 0.131. The summed E-state index contributed by atoms with van der Waals surface area (Å²) < 4.78 is 35.9. The van der Waals surface area contributed by atoms with Crippen LogP contribution in [0.4, 0.5) is 4.39 Å². The molecule has 0 atom stereocenters. The fourth-order valence-electron chi connectivity index (χ4n) is 1.38. The molecule has 18 heavy (non-hydrogen) atoms. The van der Waals surface area contributed by atoms with E-state index in [4.69, 9.17) is 9.05 Å². The predicted octanol–water partition coefficient (Wildman–Crippen LogP) is 4.53. The van der Waals surface area contributed by atoms with Crippen molar-refractivity contribution >= 4 is 13.7 Å². The average molecular weight is 272 g/mol. The van der Waals surface area contributed by atoms with Gasteiger partial charge in [-0.05, 0) is 32.4 Å². The van der Waals surface area contributed by atoms with Gasteiger partial charge in [-0.15, -0.1) is 0 Å². The van der Waals surface area contributed by atoms with E-state index in [0.29, 0.717) is 5.56 Å². The van der Waals surface area contributed by atoms with Crippen LogP contribution in [0.2, 0.25) is 0 Å². The van der Waals surface area contributed by atoms with Crippen LogP contribution in [0.25, 0.3) is 6.08 Å². The highest BCUT2D eigenvalue weighted by Crippen LogP contribution is 2.57. The molecule has 0 fully saturated rings. The van der Waals surface area contributed by atoms with Crippen molar-refractivity contribution in [3.63, 3.8) is 0 Å². The Balaban J connectivity index is 2.98. The maximum absolute atomic E-state index is 14.0. The fourth-order valence-corrected chi connectivity index (χ4v) is 2.69. The van der Waals surface area contributed by atoms with Gasteiger partial charge in [-0.2, -0.15) is 4.39 Å². The summed E-state index contributed by atoms with van der Waals surface area (Å²) in [4.78, 5) is 0. The third kappa shape index (κ3) is 4.05.